The monoisotopic (exact) mass is 151 g/mol. The molecule has 0 heterocycles. The zero-order valence-corrected chi connectivity index (χ0v) is 5.95. The summed E-state index contributed by atoms with van der Waals surface area (Å²) in [7, 11) is 0. The zero-order chi connectivity index (χ0) is 8.27. The van der Waals surface area contributed by atoms with Gasteiger partial charge >= 0.3 is 0 Å². The first-order valence-corrected chi connectivity index (χ1v) is 3.25. The fraction of sp³-hybridized carbons (Fsp3) is 0.125. The molecule has 0 amide bonds. The third kappa shape index (κ3) is 1.56. The quantitative estimate of drug-likeness (QED) is 0.610. The molecule has 0 aromatic heterocycles. The van der Waals surface area contributed by atoms with E-state index in [1.54, 1.807) is 12.1 Å². The first-order valence-electron chi connectivity index (χ1n) is 3.25. The molecule has 0 spiro atoms. The fourth-order valence-corrected chi connectivity index (χ4v) is 0.825. The van der Waals surface area contributed by atoms with Crippen LogP contribution in [0, 0.1) is 0 Å². The molecule has 3 N–H and O–H groups in total. The lowest BCUT2D eigenvalue weighted by molar-refractivity contribution is 0.112. The topological polar surface area (TPSA) is 63.3 Å². The summed E-state index contributed by atoms with van der Waals surface area (Å²) < 4.78 is 0. The van der Waals surface area contributed by atoms with Gasteiger partial charge < -0.3 is 10.8 Å². The number of carbonyl (C=O) groups is 1. The van der Waals surface area contributed by atoms with E-state index in [9.17, 15) is 4.79 Å². The van der Waals surface area contributed by atoms with E-state index in [1.807, 2.05) is 0 Å². The van der Waals surface area contributed by atoms with Crippen LogP contribution in [0.5, 0.6) is 5.75 Å². The van der Waals surface area contributed by atoms with Crippen molar-refractivity contribution < 1.29 is 9.90 Å². The first-order chi connectivity index (χ1) is 5.27. The molecular weight excluding hydrogens is 142 g/mol. The van der Waals surface area contributed by atoms with Crippen LogP contribution < -0.4 is 5.73 Å². The van der Waals surface area contributed by atoms with Crippen molar-refractivity contribution in [3.05, 3.63) is 29.3 Å². The lowest BCUT2D eigenvalue weighted by Gasteiger charge is -1.99. The van der Waals surface area contributed by atoms with Crippen LogP contribution in [0.1, 0.15) is 15.9 Å². The van der Waals surface area contributed by atoms with Gasteiger partial charge in [0.15, 0.2) is 6.29 Å². The molecule has 0 bridgehead atoms. The number of benzene rings is 1. The highest BCUT2D eigenvalue weighted by Gasteiger charge is 1.99. The number of hydrogen-bond acceptors (Lipinski definition) is 3. The van der Waals surface area contributed by atoms with Gasteiger partial charge in [-0.3, -0.25) is 4.79 Å². The number of hydrogen-bond donors (Lipinski definition) is 2. The molecule has 0 unspecified atom stereocenters. The number of aldehydes is 1. The number of rotatable bonds is 2. The molecule has 0 atom stereocenters. The summed E-state index contributed by atoms with van der Waals surface area (Å²) in [6, 6.07) is 4.72. The summed E-state index contributed by atoms with van der Waals surface area (Å²) in [5.74, 6) is -0.00259. The van der Waals surface area contributed by atoms with E-state index in [1.165, 1.54) is 6.07 Å². The maximum atomic E-state index is 10.3. The van der Waals surface area contributed by atoms with E-state index in [4.69, 9.17) is 10.8 Å². The van der Waals surface area contributed by atoms with Gasteiger partial charge in [0.05, 0.1) is 5.56 Å². The smallest absolute Gasteiger partial charge is 0.153 e. The number of carbonyl (C=O) groups excluding carboxylic acids is 1. The van der Waals surface area contributed by atoms with Crippen LogP contribution in [0.3, 0.4) is 0 Å². The van der Waals surface area contributed by atoms with Gasteiger partial charge in [0.2, 0.25) is 0 Å². The highest BCUT2D eigenvalue weighted by Crippen LogP contribution is 2.15. The largest absolute Gasteiger partial charge is 0.507 e. The lowest BCUT2D eigenvalue weighted by Crippen LogP contribution is -1.96. The van der Waals surface area contributed by atoms with E-state index < -0.39 is 0 Å². The minimum Gasteiger partial charge on any atom is -0.507 e. The van der Waals surface area contributed by atoms with Crippen LogP contribution in [0.15, 0.2) is 18.2 Å². The number of nitrogens with two attached hydrogens (primary N) is 1. The molecule has 0 fully saturated rings. The van der Waals surface area contributed by atoms with Gasteiger partial charge in [-0.1, -0.05) is 6.07 Å². The molecular formula is C8H9NO2. The second-order valence-corrected chi connectivity index (χ2v) is 2.22. The SMILES string of the molecule is NCc1ccc(O)c(C=O)c1. The van der Waals surface area contributed by atoms with E-state index >= 15 is 0 Å². The Hall–Kier alpha value is -1.35. The molecule has 11 heavy (non-hydrogen) atoms. The average molecular weight is 151 g/mol. The van der Waals surface area contributed by atoms with Gasteiger partial charge in [0, 0.05) is 6.54 Å². The van der Waals surface area contributed by atoms with E-state index in [2.05, 4.69) is 0 Å². The summed E-state index contributed by atoms with van der Waals surface area (Å²) in [5, 5.41) is 9.06. The second kappa shape index (κ2) is 3.16. The van der Waals surface area contributed by atoms with Crippen LogP contribution >= 0.6 is 0 Å². The maximum Gasteiger partial charge on any atom is 0.153 e. The second-order valence-electron chi connectivity index (χ2n) is 2.22. The van der Waals surface area contributed by atoms with Crippen LogP contribution in [0.25, 0.3) is 0 Å². The van der Waals surface area contributed by atoms with Gasteiger partial charge in [-0.2, -0.15) is 0 Å². The molecule has 1 rings (SSSR count). The predicted molar refractivity (Wildman–Crippen MR) is 41.4 cm³/mol. The maximum absolute atomic E-state index is 10.3. The molecule has 1 aromatic rings. The molecule has 0 aliphatic rings. The highest BCUT2D eigenvalue weighted by atomic mass is 16.3. The van der Waals surface area contributed by atoms with Gasteiger partial charge in [-0.05, 0) is 17.7 Å². The summed E-state index contributed by atoms with van der Waals surface area (Å²) in [5.41, 5.74) is 6.45. The Kier molecular flexibility index (Phi) is 2.23. The van der Waals surface area contributed by atoms with Crippen LogP contribution in [-0.4, -0.2) is 11.4 Å². The standard InChI is InChI=1S/C8H9NO2/c9-4-6-1-2-8(11)7(3-6)5-10/h1-3,5,11H,4,9H2. The summed E-state index contributed by atoms with van der Waals surface area (Å²) >= 11 is 0. The van der Waals surface area contributed by atoms with Crippen molar-refractivity contribution in [3.63, 3.8) is 0 Å². The van der Waals surface area contributed by atoms with Gasteiger partial charge in [0.1, 0.15) is 5.75 Å². The van der Waals surface area contributed by atoms with Crippen molar-refractivity contribution in [1.82, 2.24) is 0 Å². The molecule has 0 saturated heterocycles. The molecule has 3 nitrogen and oxygen atoms in total. The third-order valence-corrected chi connectivity index (χ3v) is 1.45. The van der Waals surface area contributed by atoms with E-state index in [0.717, 1.165) is 5.56 Å². The minimum absolute atomic E-state index is 0.00259. The van der Waals surface area contributed by atoms with Crippen molar-refractivity contribution in [1.29, 1.82) is 0 Å². The minimum atomic E-state index is -0.00259. The van der Waals surface area contributed by atoms with Crippen molar-refractivity contribution in [3.8, 4) is 5.75 Å². The summed E-state index contributed by atoms with van der Waals surface area (Å²) in [4.78, 5) is 10.3. The lowest BCUT2D eigenvalue weighted by atomic mass is 10.1. The van der Waals surface area contributed by atoms with Crippen LogP contribution in [-0.2, 0) is 6.54 Å². The van der Waals surface area contributed by atoms with Crippen molar-refractivity contribution in [2.75, 3.05) is 0 Å². The van der Waals surface area contributed by atoms with Crippen LogP contribution in [0.4, 0.5) is 0 Å². The molecule has 3 heteroatoms. The predicted octanol–water partition coefficient (Wildman–Crippen LogP) is 0.663. The number of aromatic hydroxyl groups is 1. The van der Waals surface area contributed by atoms with E-state index in [-0.39, 0.29) is 11.3 Å². The molecule has 58 valence electrons. The van der Waals surface area contributed by atoms with Gasteiger partial charge in [-0.25, -0.2) is 0 Å². The molecule has 0 saturated carbocycles. The van der Waals surface area contributed by atoms with Gasteiger partial charge in [0.25, 0.3) is 0 Å². The molecule has 0 radical (unpaired) electrons. The average Bonchev–Trinajstić information content (AvgIpc) is 2.05. The number of phenolic OH excluding ortho intramolecular Hbond substituents is 1. The summed E-state index contributed by atoms with van der Waals surface area (Å²) in [6.07, 6.45) is 0.606. The van der Waals surface area contributed by atoms with Crippen molar-refractivity contribution in [2.45, 2.75) is 6.54 Å². The first kappa shape index (κ1) is 7.75. The van der Waals surface area contributed by atoms with Crippen molar-refractivity contribution >= 4 is 6.29 Å². The Morgan fingerprint density at radius 1 is 1.55 bits per heavy atom. The van der Waals surface area contributed by atoms with Crippen LogP contribution in [0.2, 0.25) is 0 Å². The Labute approximate surface area is 64.5 Å². The van der Waals surface area contributed by atoms with E-state index in [0.29, 0.717) is 12.8 Å². The Bertz CT molecular complexity index is 271. The highest BCUT2D eigenvalue weighted by molar-refractivity contribution is 5.79. The van der Waals surface area contributed by atoms with Gasteiger partial charge in [-0.15, -0.1) is 0 Å². The number of phenols is 1. The molecule has 0 aliphatic carbocycles. The normalized spacial score (nSPS) is 9.55. The Morgan fingerprint density at radius 2 is 2.27 bits per heavy atom. The molecule has 0 aliphatic heterocycles. The summed E-state index contributed by atoms with van der Waals surface area (Å²) in [6.45, 7) is 0.376. The third-order valence-electron chi connectivity index (χ3n) is 1.45. The fourth-order valence-electron chi connectivity index (χ4n) is 0.825. The zero-order valence-electron chi connectivity index (χ0n) is 5.95. The van der Waals surface area contributed by atoms with Crippen molar-refractivity contribution in [2.24, 2.45) is 5.73 Å². The Morgan fingerprint density at radius 3 is 2.82 bits per heavy atom. The molecule has 1 aromatic carbocycles. The Balaban J connectivity index is 3.12.